The van der Waals surface area contributed by atoms with Crippen LogP contribution in [0.3, 0.4) is 0 Å². The molecule has 0 aliphatic carbocycles. The normalized spacial score (nSPS) is 10.8. The van der Waals surface area contributed by atoms with Crippen molar-refractivity contribution in [2.45, 2.75) is 52.5 Å². The van der Waals surface area contributed by atoms with Crippen LogP contribution in [0.4, 0.5) is 17.2 Å². The van der Waals surface area contributed by atoms with Crippen LogP contribution in [-0.2, 0) is 6.54 Å². The molecular formula is C25H31N5O4S. The Hall–Kier alpha value is -3.66. The van der Waals surface area contributed by atoms with Gasteiger partial charge in [0.1, 0.15) is 5.82 Å². The maximum Gasteiger partial charge on any atom is 0.330 e. The second-order valence-corrected chi connectivity index (χ2v) is 9.12. The lowest BCUT2D eigenvalue weighted by molar-refractivity contribution is 0.0983. The lowest BCUT2D eigenvalue weighted by Crippen LogP contribution is -2.41. The molecule has 0 bridgehead atoms. The van der Waals surface area contributed by atoms with Crippen LogP contribution in [-0.4, -0.2) is 27.9 Å². The van der Waals surface area contributed by atoms with Crippen LogP contribution < -0.4 is 27.2 Å². The van der Waals surface area contributed by atoms with E-state index in [1.807, 2.05) is 19.2 Å². The Labute approximate surface area is 207 Å². The van der Waals surface area contributed by atoms with Crippen molar-refractivity contribution < 1.29 is 9.59 Å². The van der Waals surface area contributed by atoms with E-state index >= 15 is 0 Å². The number of benzene rings is 1. The number of hydrogen-bond donors (Lipinski definition) is 3. The molecule has 0 fully saturated rings. The molecule has 3 rings (SSSR count). The zero-order chi connectivity index (χ0) is 25.4. The minimum atomic E-state index is -0.702. The molecule has 0 aliphatic heterocycles. The number of H-pyrrole nitrogens is 1. The average Bonchev–Trinajstić information content (AvgIpc) is 3.38. The number of carbonyl (C=O) groups is 2. The molecule has 186 valence electrons. The molecule has 2 amide bonds. The molecule has 0 atom stereocenters. The van der Waals surface area contributed by atoms with Crippen LogP contribution in [0, 0.1) is 0 Å². The molecule has 0 spiro atoms. The summed E-state index contributed by atoms with van der Waals surface area (Å²) in [5.74, 6) is -0.737. The van der Waals surface area contributed by atoms with E-state index in [0.29, 0.717) is 30.0 Å². The highest BCUT2D eigenvalue weighted by molar-refractivity contribution is 7.12. The van der Waals surface area contributed by atoms with E-state index in [9.17, 15) is 19.2 Å². The van der Waals surface area contributed by atoms with Crippen molar-refractivity contribution >= 4 is 40.3 Å². The number of nitrogens with zero attached hydrogens (tertiary/aromatic N) is 2. The number of anilines is 3. The highest BCUT2D eigenvalue weighted by Gasteiger charge is 2.25. The second-order valence-electron chi connectivity index (χ2n) is 8.17. The van der Waals surface area contributed by atoms with Gasteiger partial charge in [-0.25, -0.2) is 4.79 Å². The number of rotatable bonds is 11. The zero-order valence-corrected chi connectivity index (χ0v) is 20.8. The number of nitrogens with one attached hydrogen (secondary N) is 2. The molecule has 0 saturated heterocycles. The first-order valence-electron chi connectivity index (χ1n) is 11.8. The molecular weight excluding hydrogens is 466 g/mol. The molecule has 9 nitrogen and oxygen atoms in total. The number of nitrogens with two attached hydrogens (primary N) is 1. The first-order chi connectivity index (χ1) is 16.9. The van der Waals surface area contributed by atoms with Crippen molar-refractivity contribution in [2.24, 2.45) is 0 Å². The zero-order valence-electron chi connectivity index (χ0n) is 20.0. The van der Waals surface area contributed by atoms with Gasteiger partial charge in [-0.15, -0.1) is 11.3 Å². The van der Waals surface area contributed by atoms with Crippen LogP contribution in [0.15, 0.2) is 51.4 Å². The summed E-state index contributed by atoms with van der Waals surface area (Å²) in [5, 5.41) is 4.61. The van der Waals surface area contributed by atoms with Crippen LogP contribution in [0.25, 0.3) is 0 Å². The summed E-state index contributed by atoms with van der Waals surface area (Å²) < 4.78 is 1.30. The third kappa shape index (κ3) is 6.27. The van der Waals surface area contributed by atoms with Crippen molar-refractivity contribution in [3.63, 3.8) is 0 Å². The van der Waals surface area contributed by atoms with Crippen LogP contribution in [0.2, 0.25) is 0 Å². The SMILES string of the molecule is CCCCCN(C(=O)c1cccc(NC(=O)c2cccs2)c1)c1c(N)n(CCCC)c(=O)[nH]c1=O. The Bertz CT molecular complexity index is 1280. The van der Waals surface area contributed by atoms with Gasteiger partial charge in [-0.3, -0.25) is 23.9 Å². The molecule has 3 aromatic rings. The Morgan fingerprint density at radius 2 is 1.86 bits per heavy atom. The molecule has 2 heterocycles. The molecule has 0 unspecified atom stereocenters. The highest BCUT2D eigenvalue weighted by atomic mass is 32.1. The highest BCUT2D eigenvalue weighted by Crippen LogP contribution is 2.22. The van der Waals surface area contributed by atoms with E-state index in [0.717, 1.165) is 19.3 Å². The fourth-order valence-corrected chi connectivity index (χ4v) is 4.32. The molecule has 2 aromatic heterocycles. The summed E-state index contributed by atoms with van der Waals surface area (Å²) in [6.45, 7) is 4.63. The van der Waals surface area contributed by atoms with Gasteiger partial charge >= 0.3 is 5.69 Å². The molecule has 0 aliphatic rings. The van der Waals surface area contributed by atoms with Crippen molar-refractivity contribution in [2.75, 3.05) is 22.5 Å². The van der Waals surface area contributed by atoms with E-state index < -0.39 is 17.2 Å². The third-order valence-electron chi connectivity index (χ3n) is 5.56. The smallest absolute Gasteiger partial charge is 0.330 e. The minimum absolute atomic E-state index is 0.0285. The van der Waals surface area contributed by atoms with Gasteiger partial charge in [-0.1, -0.05) is 45.2 Å². The molecule has 0 saturated carbocycles. The number of hydrogen-bond acceptors (Lipinski definition) is 6. The quantitative estimate of drug-likeness (QED) is 0.344. The predicted molar refractivity (Wildman–Crippen MR) is 141 cm³/mol. The number of thiophene rings is 1. The van der Waals surface area contributed by atoms with Crippen molar-refractivity contribution in [1.29, 1.82) is 0 Å². The van der Waals surface area contributed by atoms with E-state index in [-0.39, 0.29) is 29.5 Å². The van der Waals surface area contributed by atoms with Crippen molar-refractivity contribution in [3.05, 3.63) is 73.1 Å². The number of nitrogen functional groups attached to an aromatic ring is 1. The number of unbranched alkanes of at least 4 members (excludes halogenated alkanes) is 3. The monoisotopic (exact) mass is 497 g/mol. The summed E-state index contributed by atoms with van der Waals surface area (Å²) in [5.41, 5.74) is 5.71. The summed E-state index contributed by atoms with van der Waals surface area (Å²) in [6.07, 6.45) is 3.97. The Morgan fingerprint density at radius 1 is 1.09 bits per heavy atom. The van der Waals surface area contributed by atoms with E-state index in [2.05, 4.69) is 10.3 Å². The van der Waals surface area contributed by atoms with Gasteiger partial charge in [0.05, 0.1) is 4.88 Å². The summed E-state index contributed by atoms with van der Waals surface area (Å²) in [4.78, 5) is 55.5. The molecule has 35 heavy (non-hydrogen) atoms. The van der Waals surface area contributed by atoms with Gasteiger partial charge in [-0.05, 0) is 42.5 Å². The minimum Gasteiger partial charge on any atom is -0.383 e. The maximum atomic E-state index is 13.6. The van der Waals surface area contributed by atoms with Crippen LogP contribution in [0.1, 0.15) is 66.0 Å². The largest absolute Gasteiger partial charge is 0.383 e. The lowest BCUT2D eigenvalue weighted by atomic mass is 10.1. The Kier molecular flexibility index (Phi) is 9.02. The van der Waals surface area contributed by atoms with Gasteiger partial charge in [0.2, 0.25) is 0 Å². The lowest BCUT2D eigenvalue weighted by Gasteiger charge is -2.25. The van der Waals surface area contributed by atoms with Gasteiger partial charge < -0.3 is 16.0 Å². The number of carbonyl (C=O) groups excluding carboxylic acids is 2. The van der Waals surface area contributed by atoms with Crippen molar-refractivity contribution in [3.8, 4) is 0 Å². The summed E-state index contributed by atoms with van der Waals surface area (Å²) in [7, 11) is 0. The fourth-order valence-electron chi connectivity index (χ4n) is 3.70. The van der Waals surface area contributed by atoms with Gasteiger partial charge in [0, 0.05) is 24.3 Å². The van der Waals surface area contributed by atoms with E-state index in [4.69, 9.17) is 5.73 Å². The molecule has 10 heteroatoms. The standard InChI is InChI=1S/C25H31N5O4S/c1-3-5-7-14-29(20-21(26)30(13-6-4-2)25(34)28-23(20)32)24(33)17-10-8-11-18(16-17)27-22(31)19-12-9-15-35-19/h8-12,15-16H,3-7,13-14,26H2,1-2H3,(H,27,31)(H,28,32,34). The molecule has 1 aromatic carbocycles. The summed E-state index contributed by atoms with van der Waals surface area (Å²) in [6, 6.07) is 10.0. The van der Waals surface area contributed by atoms with Gasteiger partial charge in [-0.2, -0.15) is 0 Å². The number of aromatic nitrogens is 2. The first-order valence-corrected chi connectivity index (χ1v) is 12.6. The Morgan fingerprint density at radius 3 is 2.54 bits per heavy atom. The Balaban J connectivity index is 1.98. The van der Waals surface area contributed by atoms with Gasteiger partial charge in [0.25, 0.3) is 17.4 Å². The number of amides is 2. The average molecular weight is 498 g/mol. The molecule has 4 N–H and O–H groups in total. The first kappa shape index (κ1) is 26.0. The third-order valence-corrected chi connectivity index (χ3v) is 6.43. The van der Waals surface area contributed by atoms with Crippen LogP contribution >= 0.6 is 11.3 Å². The van der Waals surface area contributed by atoms with Crippen LogP contribution in [0.5, 0.6) is 0 Å². The summed E-state index contributed by atoms with van der Waals surface area (Å²) >= 11 is 1.32. The maximum absolute atomic E-state index is 13.6. The predicted octanol–water partition coefficient (Wildman–Crippen LogP) is 4.07. The van der Waals surface area contributed by atoms with Crippen molar-refractivity contribution in [1.82, 2.24) is 9.55 Å². The molecule has 0 radical (unpaired) electrons. The van der Waals surface area contributed by atoms with Gasteiger partial charge in [0.15, 0.2) is 5.69 Å². The number of aromatic amines is 1. The van der Waals surface area contributed by atoms with E-state index in [1.54, 1.807) is 36.4 Å². The fraction of sp³-hybridized carbons (Fsp3) is 0.360. The van der Waals surface area contributed by atoms with E-state index in [1.165, 1.54) is 20.8 Å². The second kappa shape index (κ2) is 12.2. The topological polar surface area (TPSA) is 130 Å².